The third-order valence-electron chi connectivity index (χ3n) is 6.30. The fourth-order valence-electron chi connectivity index (χ4n) is 4.72. The number of rotatable bonds is 4. The smallest absolute Gasteiger partial charge is 0.310 e. The Morgan fingerprint density at radius 2 is 2.11 bits per heavy atom. The van der Waals surface area contributed by atoms with Crippen molar-refractivity contribution in [2.24, 2.45) is 5.92 Å². The van der Waals surface area contributed by atoms with Crippen molar-refractivity contribution in [2.75, 3.05) is 0 Å². The van der Waals surface area contributed by atoms with E-state index >= 15 is 0 Å². The van der Waals surface area contributed by atoms with Crippen LogP contribution >= 0.6 is 0 Å². The highest BCUT2D eigenvalue weighted by atomic mass is 16.4. The van der Waals surface area contributed by atoms with Crippen LogP contribution < -0.4 is 5.32 Å². The lowest BCUT2D eigenvalue weighted by Crippen LogP contribution is -2.34. The zero-order valence-electron chi connectivity index (χ0n) is 16.6. The van der Waals surface area contributed by atoms with Gasteiger partial charge in [0.2, 0.25) is 5.91 Å². The lowest BCUT2D eigenvalue weighted by atomic mass is 9.84. The number of aliphatic carboxylic acids is 1. The molecule has 0 unspecified atom stereocenters. The van der Waals surface area contributed by atoms with Crippen LogP contribution in [0.15, 0.2) is 23.8 Å². The summed E-state index contributed by atoms with van der Waals surface area (Å²) < 4.78 is 0. The van der Waals surface area contributed by atoms with Crippen LogP contribution in [0.25, 0.3) is 10.9 Å². The van der Waals surface area contributed by atoms with E-state index in [1.165, 1.54) is 33.7 Å². The Morgan fingerprint density at radius 3 is 2.82 bits per heavy atom. The molecule has 2 aliphatic rings. The first-order valence-corrected chi connectivity index (χ1v) is 10.1. The molecular weight excluding hydrogens is 352 g/mol. The lowest BCUT2D eigenvalue weighted by Gasteiger charge is -2.28. The predicted octanol–water partition coefficient (Wildman–Crippen LogP) is 3.94. The van der Waals surface area contributed by atoms with Crippen LogP contribution in [0.4, 0.5) is 0 Å². The van der Waals surface area contributed by atoms with E-state index in [0.29, 0.717) is 18.4 Å². The molecule has 1 amide bonds. The Labute approximate surface area is 164 Å². The van der Waals surface area contributed by atoms with Crippen LogP contribution in [0.1, 0.15) is 60.2 Å². The molecule has 0 fully saturated rings. The van der Waals surface area contributed by atoms with E-state index in [1.54, 1.807) is 0 Å². The van der Waals surface area contributed by atoms with Crippen molar-refractivity contribution in [3.63, 3.8) is 0 Å². The van der Waals surface area contributed by atoms with Gasteiger partial charge < -0.3 is 10.4 Å². The molecule has 1 aliphatic carbocycles. The molecule has 28 heavy (non-hydrogen) atoms. The number of hydrogen-bond donors (Lipinski definition) is 2. The summed E-state index contributed by atoms with van der Waals surface area (Å²) in [5.74, 6) is -1.73. The molecule has 5 nitrogen and oxygen atoms in total. The molecule has 2 aromatic rings. The van der Waals surface area contributed by atoms with Crippen LogP contribution in [0.2, 0.25) is 0 Å². The average molecular weight is 378 g/mol. The normalized spacial score (nSPS) is 19.9. The van der Waals surface area contributed by atoms with Crippen LogP contribution in [0.5, 0.6) is 0 Å². The third-order valence-corrected chi connectivity index (χ3v) is 6.30. The average Bonchev–Trinajstić information content (AvgIpc) is 2.65. The zero-order chi connectivity index (χ0) is 20.0. The van der Waals surface area contributed by atoms with Crippen molar-refractivity contribution in [3.8, 4) is 0 Å². The number of carbonyl (C=O) groups is 2. The molecular formula is C23H26N2O3. The highest BCUT2D eigenvalue weighted by Gasteiger charge is 2.30. The number of carboxylic acid groups (broad SMARTS) is 1. The first kappa shape index (κ1) is 18.7. The number of carbonyl (C=O) groups excluding carboxylic acids is 1. The zero-order valence-corrected chi connectivity index (χ0v) is 16.6. The van der Waals surface area contributed by atoms with Gasteiger partial charge in [-0.05, 0) is 85.9 Å². The molecule has 0 saturated carbocycles. The van der Waals surface area contributed by atoms with E-state index < -0.39 is 11.9 Å². The number of hydrogen-bond acceptors (Lipinski definition) is 3. The standard InChI is InChI=1S/C23H26N2O3/c1-4-16(23(27)28)15-10-19(25-21(26)11-15)18-9-14-6-5-7-17-13(3)12(2)8-20(24-18)22(14)17/h8-9,11,16,19H,4-7,10H2,1-3H3,(H,25,26)(H,27,28)/t16-,19-/m1/s1. The number of amides is 1. The van der Waals surface area contributed by atoms with Gasteiger partial charge in [-0.25, -0.2) is 0 Å². The molecule has 1 aromatic heterocycles. The van der Waals surface area contributed by atoms with Crippen molar-refractivity contribution in [1.82, 2.24) is 10.3 Å². The van der Waals surface area contributed by atoms with Crippen LogP contribution in [0, 0.1) is 19.8 Å². The first-order valence-electron chi connectivity index (χ1n) is 10.1. The third kappa shape index (κ3) is 3.09. The van der Waals surface area contributed by atoms with Crippen LogP contribution in [0.3, 0.4) is 0 Å². The monoisotopic (exact) mass is 378 g/mol. The Kier molecular flexibility index (Phi) is 4.69. The molecule has 4 rings (SSSR count). The Morgan fingerprint density at radius 1 is 1.32 bits per heavy atom. The van der Waals surface area contributed by atoms with Gasteiger partial charge in [-0.15, -0.1) is 0 Å². The minimum Gasteiger partial charge on any atom is -0.481 e. The van der Waals surface area contributed by atoms with E-state index in [-0.39, 0.29) is 11.9 Å². The van der Waals surface area contributed by atoms with E-state index in [4.69, 9.17) is 4.98 Å². The van der Waals surface area contributed by atoms with Gasteiger partial charge in [0, 0.05) is 11.5 Å². The van der Waals surface area contributed by atoms with Crippen molar-refractivity contribution >= 4 is 22.8 Å². The maximum Gasteiger partial charge on any atom is 0.310 e. The SMILES string of the molecule is CC[C@@H](C(=O)O)C1=CC(=O)N[C@@H](c2cc3c4c(c(C)c(C)cc4n2)CCC3)C1. The molecule has 1 aliphatic heterocycles. The minimum atomic E-state index is -0.875. The number of carboxylic acids is 1. The summed E-state index contributed by atoms with van der Waals surface area (Å²) in [5.41, 5.74) is 7.79. The number of nitrogens with one attached hydrogen (secondary N) is 1. The summed E-state index contributed by atoms with van der Waals surface area (Å²) in [6, 6.07) is 3.98. The largest absolute Gasteiger partial charge is 0.481 e. The lowest BCUT2D eigenvalue weighted by molar-refractivity contribution is -0.140. The summed E-state index contributed by atoms with van der Waals surface area (Å²) >= 11 is 0. The Balaban J connectivity index is 1.78. The van der Waals surface area contributed by atoms with E-state index in [9.17, 15) is 14.7 Å². The fourth-order valence-corrected chi connectivity index (χ4v) is 4.72. The molecule has 0 radical (unpaired) electrons. The van der Waals surface area contributed by atoms with Crippen LogP contribution in [-0.2, 0) is 22.4 Å². The van der Waals surface area contributed by atoms with Crippen molar-refractivity contribution in [1.29, 1.82) is 0 Å². The molecule has 0 saturated heterocycles. The van der Waals surface area contributed by atoms with Crippen LogP contribution in [-0.4, -0.2) is 22.0 Å². The Hall–Kier alpha value is -2.69. The minimum absolute atomic E-state index is 0.234. The molecule has 2 atom stereocenters. The summed E-state index contributed by atoms with van der Waals surface area (Å²) in [6.07, 6.45) is 5.63. The van der Waals surface area contributed by atoms with Gasteiger partial charge >= 0.3 is 5.97 Å². The summed E-state index contributed by atoms with van der Waals surface area (Å²) in [5, 5.41) is 13.8. The number of pyridine rings is 1. The molecule has 5 heteroatoms. The van der Waals surface area contributed by atoms with E-state index in [1.807, 2.05) is 6.92 Å². The second-order valence-electron chi connectivity index (χ2n) is 8.03. The highest BCUT2D eigenvalue weighted by molar-refractivity contribution is 5.92. The summed E-state index contributed by atoms with van der Waals surface area (Å²) in [4.78, 5) is 28.8. The second kappa shape index (κ2) is 7.04. The molecule has 2 heterocycles. The molecule has 146 valence electrons. The van der Waals surface area contributed by atoms with Crippen molar-refractivity contribution in [3.05, 3.63) is 51.7 Å². The number of aryl methyl sites for hydroxylation is 3. The summed E-state index contributed by atoms with van der Waals surface area (Å²) in [6.45, 7) is 6.14. The molecule has 0 spiro atoms. The van der Waals surface area contributed by atoms with Gasteiger partial charge in [0.25, 0.3) is 0 Å². The molecule has 2 N–H and O–H groups in total. The quantitative estimate of drug-likeness (QED) is 0.845. The van der Waals surface area contributed by atoms with E-state index in [0.717, 1.165) is 30.5 Å². The topological polar surface area (TPSA) is 79.3 Å². The molecule has 0 bridgehead atoms. The first-order chi connectivity index (χ1) is 13.4. The van der Waals surface area contributed by atoms with Crippen molar-refractivity contribution < 1.29 is 14.7 Å². The second-order valence-corrected chi connectivity index (χ2v) is 8.03. The maximum absolute atomic E-state index is 12.3. The van der Waals surface area contributed by atoms with Gasteiger partial charge in [-0.3, -0.25) is 14.6 Å². The number of aromatic nitrogens is 1. The van der Waals surface area contributed by atoms with Gasteiger partial charge in [-0.2, -0.15) is 0 Å². The maximum atomic E-state index is 12.3. The molecule has 1 aromatic carbocycles. The Bertz CT molecular complexity index is 1020. The van der Waals surface area contributed by atoms with Crippen molar-refractivity contribution in [2.45, 2.75) is 58.9 Å². The summed E-state index contributed by atoms with van der Waals surface area (Å²) in [7, 11) is 0. The highest BCUT2D eigenvalue weighted by Crippen LogP contribution is 2.36. The van der Waals surface area contributed by atoms with Gasteiger partial charge in [0.05, 0.1) is 23.2 Å². The van der Waals surface area contributed by atoms with Gasteiger partial charge in [-0.1, -0.05) is 6.92 Å². The fraction of sp³-hybridized carbons (Fsp3) is 0.435. The number of benzene rings is 1. The van der Waals surface area contributed by atoms with Gasteiger partial charge in [0.1, 0.15) is 0 Å². The number of nitrogens with zero attached hydrogens (tertiary/aromatic N) is 1. The van der Waals surface area contributed by atoms with Gasteiger partial charge in [0.15, 0.2) is 0 Å². The predicted molar refractivity (Wildman–Crippen MR) is 108 cm³/mol. The van der Waals surface area contributed by atoms with E-state index in [2.05, 4.69) is 31.3 Å².